The molecule has 11 heteroatoms. The maximum atomic E-state index is 12.3. The second-order valence-electron chi connectivity index (χ2n) is 5.45. The van der Waals surface area contributed by atoms with Crippen LogP contribution in [0.4, 0.5) is 37.7 Å². The lowest BCUT2D eigenvalue weighted by Gasteiger charge is -2.16. The second kappa shape index (κ2) is 9.00. The fraction of sp³-hybridized carbons (Fsp3) is 0.235. The summed E-state index contributed by atoms with van der Waals surface area (Å²) in [5.74, 6) is -0.663. The summed E-state index contributed by atoms with van der Waals surface area (Å²) in [5.41, 5.74) is 0.725. The smallest absolute Gasteiger partial charge is 0.422 e. The van der Waals surface area contributed by atoms with Crippen molar-refractivity contribution in [1.29, 1.82) is 0 Å². The Kier molecular flexibility index (Phi) is 6.95. The number of ether oxygens (including phenoxy) is 2. The predicted molar refractivity (Wildman–Crippen MR) is 95.8 cm³/mol. The van der Waals surface area contributed by atoms with Gasteiger partial charge in [-0.2, -0.15) is 26.3 Å². The summed E-state index contributed by atoms with van der Waals surface area (Å²) < 4.78 is 83.3. The molecule has 0 aromatic heterocycles. The van der Waals surface area contributed by atoms with Gasteiger partial charge in [-0.3, -0.25) is 0 Å². The summed E-state index contributed by atoms with van der Waals surface area (Å²) in [6.07, 6.45) is -9.22. The Bertz CT molecular complexity index is 760. The average molecular weight is 424 g/mol. The number of hydrogen-bond donors (Lipinski definition) is 2. The molecule has 0 atom stereocenters. The van der Waals surface area contributed by atoms with E-state index < -0.39 is 25.6 Å². The molecule has 2 aromatic rings. The van der Waals surface area contributed by atoms with Crippen LogP contribution < -0.4 is 20.1 Å². The number of nitrogens with one attached hydrogen (secondary N) is 2. The van der Waals surface area contributed by atoms with Crippen LogP contribution in [0.5, 0.6) is 11.5 Å². The standard InChI is InChI=1S/C17H14F6N2O2S/c18-16(19,20)9-26-13-6-12(7-14(8-13)27-10-17(21,22)23)25-15(28)24-11-4-2-1-3-5-11/h1-8H,9-10H2,(H2,24,25,28). The van der Waals surface area contributed by atoms with Gasteiger partial charge >= 0.3 is 12.4 Å². The van der Waals surface area contributed by atoms with Gasteiger partial charge in [0.25, 0.3) is 0 Å². The first-order valence-corrected chi connectivity index (χ1v) is 8.08. The Labute approximate surface area is 161 Å². The highest BCUT2D eigenvalue weighted by atomic mass is 32.1. The van der Waals surface area contributed by atoms with Crippen molar-refractivity contribution in [2.75, 3.05) is 23.8 Å². The molecule has 0 saturated heterocycles. The molecule has 0 aliphatic rings. The third-order valence-electron chi connectivity index (χ3n) is 2.97. The molecule has 0 spiro atoms. The largest absolute Gasteiger partial charge is 0.484 e. The highest BCUT2D eigenvalue weighted by Crippen LogP contribution is 2.29. The van der Waals surface area contributed by atoms with E-state index in [4.69, 9.17) is 12.2 Å². The molecule has 0 radical (unpaired) electrons. The van der Waals surface area contributed by atoms with E-state index >= 15 is 0 Å². The van der Waals surface area contributed by atoms with Crippen molar-refractivity contribution in [2.45, 2.75) is 12.4 Å². The van der Waals surface area contributed by atoms with Crippen LogP contribution in [0.15, 0.2) is 48.5 Å². The van der Waals surface area contributed by atoms with Crippen LogP contribution in [0.2, 0.25) is 0 Å². The van der Waals surface area contributed by atoms with Gasteiger partial charge in [-0.1, -0.05) is 18.2 Å². The second-order valence-corrected chi connectivity index (χ2v) is 5.85. The van der Waals surface area contributed by atoms with Gasteiger partial charge < -0.3 is 20.1 Å². The number of anilines is 2. The lowest BCUT2D eigenvalue weighted by Crippen LogP contribution is -2.21. The number of thiocarbonyl (C=S) groups is 1. The maximum Gasteiger partial charge on any atom is 0.422 e. The topological polar surface area (TPSA) is 42.5 Å². The lowest BCUT2D eigenvalue weighted by molar-refractivity contribution is -0.153. The lowest BCUT2D eigenvalue weighted by atomic mass is 10.2. The minimum atomic E-state index is -4.61. The third kappa shape index (κ3) is 8.33. The number of alkyl halides is 6. The SMILES string of the molecule is FC(F)(F)COc1cc(NC(=S)Nc2ccccc2)cc(OCC(F)(F)F)c1. The van der Waals surface area contributed by atoms with Gasteiger partial charge in [0.15, 0.2) is 18.3 Å². The molecule has 0 heterocycles. The zero-order valence-electron chi connectivity index (χ0n) is 14.0. The van der Waals surface area contributed by atoms with Crippen LogP contribution in [0, 0.1) is 0 Å². The fourth-order valence-corrected chi connectivity index (χ4v) is 2.19. The minimum absolute atomic E-state index is 0.0703. The molecule has 4 nitrogen and oxygen atoms in total. The molecule has 0 fully saturated rings. The fourth-order valence-electron chi connectivity index (χ4n) is 1.96. The Morgan fingerprint density at radius 1 is 0.750 bits per heavy atom. The van der Waals surface area contributed by atoms with Gasteiger partial charge in [-0.05, 0) is 24.4 Å². The van der Waals surface area contributed by atoms with Gasteiger partial charge in [-0.15, -0.1) is 0 Å². The Morgan fingerprint density at radius 2 is 1.21 bits per heavy atom. The number of benzene rings is 2. The van der Waals surface area contributed by atoms with E-state index in [1.807, 2.05) is 0 Å². The van der Waals surface area contributed by atoms with Crippen LogP contribution in [0.25, 0.3) is 0 Å². The van der Waals surface area contributed by atoms with Crippen LogP contribution >= 0.6 is 12.2 Å². The molecule has 2 N–H and O–H groups in total. The quantitative estimate of drug-likeness (QED) is 0.482. The first kappa shape index (κ1) is 21.6. The molecular weight excluding hydrogens is 410 g/mol. The monoisotopic (exact) mass is 424 g/mol. The molecule has 0 bridgehead atoms. The zero-order chi connectivity index (χ0) is 20.8. The summed E-state index contributed by atoms with van der Waals surface area (Å²) in [6, 6.07) is 12.0. The van der Waals surface area contributed by atoms with Crippen molar-refractivity contribution >= 4 is 28.7 Å². The Hall–Kier alpha value is -2.69. The maximum absolute atomic E-state index is 12.3. The highest BCUT2D eigenvalue weighted by Gasteiger charge is 2.30. The van der Waals surface area contributed by atoms with Gasteiger partial charge in [0.05, 0.1) is 0 Å². The molecule has 0 saturated carbocycles. The minimum Gasteiger partial charge on any atom is -0.484 e. The summed E-state index contributed by atoms with van der Waals surface area (Å²) in [6.45, 7) is -3.22. The van der Waals surface area contributed by atoms with Gasteiger partial charge in [0.2, 0.25) is 0 Å². The zero-order valence-corrected chi connectivity index (χ0v) is 14.8. The normalized spacial score (nSPS) is 11.6. The van der Waals surface area contributed by atoms with Crippen molar-refractivity contribution in [3.63, 3.8) is 0 Å². The molecule has 0 amide bonds. The van der Waals surface area contributed by atoms with Crippen LogP contribution in [0.1, 0.15) is 0 Å². The Morgan fingerprint density at radius 3 is 1.68 bits per heavy atom. The van der Waals surface area contributed by atoms with Crippen LogP contribution in [-0.2, 0) is 0 Å². The van der Waals surface area contributed by atoms with Crippen molar-refractivity contribution in [3.05, 3.63) is 48.5 Å². The summed E-state index contributed by atoms with van der Waals surface area (Å²) >= 11 is 5.09. The highest BCUT2D eigenvalue weighted by molar-refractivity contribution is 7.80. The van der Waals surface area contributed by atoms with E-state index in [2.05, 4.69) is 20.1 Å². The third-order valence-corrected chi connectivity index (χ3v) is 3.18. The molecular formula is C17H14F6N2O2S. The van der Waals surface area contributed by atoms with E-state index in [-0.39, 0.29) is 22.3 Å². The first-order valence-electron chi connectivity index (χ1n) is 7.67. The number of halogens is 6. The summed E-state index contributed by atoms with van der Waals surface area (Å²) in [4.78, 5) is 0. The van der Waals surface area contributed by atoms with E-state index in [1.54, 1.807) is 30.3 Å². The molecule has 152 valence electrons. The number of rotatable bonds is 6. The number of para-hydroxylation sites is 1. The molecule has 0 unspecified atom stereocenters. The molecule has 2 rings (SSSR count). The van der Waals surface area contributed by atoms with Crippen molar-refractivity contribution in [2.24, 2.45) is 0 Å². The van der Waals surface area contributed by atoms with E-state index in [1.165, 1.54) is 0 Å². The average Bonchev–Trinajstić information content (AvgIpc) is 2.58. The summed E-state index contributed by atoms with van der Waals surface area (Å²) in [5, 5.41) is 5.55. The van der Waals surface area contributed by atoms with Crippen molar-refractivity contribution in [1.82, 2.24) is 0 Å². The predicted octanol–water partition coefficient (Wildman–Crippen LogP) is 5.38. The van der Waals surface area contributed by atoms with Gasteiger partial charge in [0.1, 0.15) is 11.5 Å². The first-order chi connectivity index (χ1) is 13.0. The van der Waals surface area contributed by atoms with E-state index in [9.17, 15) is 26.3 Å². The Balaban J connectivity index is 2.14. The molecule has 0 aliphatic heterocycles. The van der Waals surface area contributed by atoms with Crippen molar-refractivity contribution in [3.8, 4) is 11.5 Å². The molecule has 2 aromatic carbocycles. The van der Waals surface area contributed by atoms with E-state index in [0.29, 0.717) is 5.69 Å². The van der Waals surface area contributed by atoms with Crippen molar-refractivity contribution < 1.29 is 35.8 Å². The van der Waals surface area contributed by atoms with Crippen LogP contribution in [-0.4, -0.2) is 30.7 Å². The van der Waals surface area contributed by atoms with Gasteiger partial charge in [0, 0.05) is 29.6 Å². The summed E-state index contributed by atoms with van der Waals surface area (Å²) in [7, 11) is 0. The van der Waals surface area contributed by atoms with Crippen LogP contribution in [0.3, 0.4) is 0 Å². The molecule has 28 heavy (non-hydrogen) atoms. The number of hydrogen-bond acceptors (Lipinski definition) is 3. The molecule has 0 aliphatic carbocycles. The van der Waals surface area contributed by atoms with E-state index in [0.717, 1.165) is 18.2 Å². The van der Waals surface area contributed by atoms with Gasteiger partial charge in [-0.25, -0.2) is 0 Å².